The largest absolute Gasteiger partial charge is 0.356 e. The molecule has 1 aliphatic carbocycles. The van der Waals surface area contributed by atoms with E-state index in [1.165, 1.54) is 18.9 Å². The molecule has 0 aromatic heterocycles. The summed E-state index contributed by atoms with van der Waals surface area (Å²) in [7, 11) is 1.74. The molecule has 0 bridgehead atoms. The quantitative estimate of drug-likeness (QED) is 0.465. The molecule has 19 heavy (non-hydrogen) atoms. The van der Waals surface area contributed by atoms with Crippen molar-refractivity contribution in [2.75, 3.05) is 13.6 Å². The summed E-state index contributed by atoms with van der Waals surface area (Å²) in [6.07, 6.45) is 2.61. The van der Waals surface area contributed by atoms with Crippen molar-refractivity contribution in [1.82, 2.24) is 10.6 Å². The van der Waals surface area contributed by atoms with Crippen molar-refractivity contribution in [1.29, 1.82) is 0 Å². The molecule has 0 unspecified atom stereocenters. The van der Waals surface area contributed by atoms with E-state index in [0.29, 0.717) is 6.54 Å². The summed E-state index contributed by atoms with van der Waals surface area (Å²) in [6.45, 7) is 1.54. The lowest BCUT2D eigenvalue weighted by atomic mass is 10.2. The van der Waals surface area contributed by atoms with Crippen molar-refractivity contribution >= 4 is 41.5 Å². The molecular weight excluding hydrogens is 380 g/mol. The van der Waals surface area contributed by atoms with Crippen LogP contribution in [0.3, 0.4) is 0 Å². The molecule has 1 aliphatic rings. The molecule has 6 heteroatoms. The van der Waals surface area contributed by atoms with Crippen molar-refractivity contribution < 1.29 is 4.39 Å². The van der Waals surface area contributed by atoms with Crippen LogP contribution in [0, 0.1) is 11.7 Å². The minimum Gasteiger partial charge on any atom is -0.356 e. The van der Waals surface area contributed by atoms with Gasteiger partial charge >= 0.3 is 0 Å². The van der Waals surface area contributed by atoms with E-state index < -0.39 is 5.82 Å². The predicted octanol–water partition coefficient (Wildman–Crippen LogP) is 3.17. The molecule has 0 atom stereocenters. The zero-order chi connectivity index (χ0) is 13.0. The van der Waals surface area contributed by atoms with Crippen molar-refractivity contribution in [2.45, 2.75) is 19.4 Å². The maximum Gasteiger partial charge on any atom is 0.191 e. The number of aliphatic imine (C=N–C) groups is 1. The highest BCUT2D eigenvalue weighted by Crippen LogP contribution is 2.27. The van der Waals surface area contributed by atoms with Crippen LogP contribution in [0.5, 0.6) is 0 Å². The van der Waals surface area contributed by atoms with Crippen LogP contribution in [-0.2, 0) is 6.54 Å². The Balaban J connectivity index is 0.00000180. The molecule has 0 spiro atoms. The standard InChI is InChI=1S/C13H17ClFN3.HI/c1-16-13(17-7-9-2-3-9)18-8-10-4-5-12(15)11(14)6-10;/h4-6,9H,2-3,7-8H2,1H3,(H2,16,17,18);1H. The number of nitrogens with zero attached hydrogens (tertiary/aromatic N) is 1. The topological polar surface area (TPSA) is 36.4 Å². The van der Waals surface area contributed by atoms with Gasteiger partial charge in [0.2, 0.25) is 0 Å². The van der Waals surface area contributed by atoms with Gasteiger partial charge in [0.05, 0.1) is 5.02 Å². The van der Waals surface area contributed by atoms with E-state index in [1.807, 2.05) is 0 Å². The maximum atomic E-state index is 13.0. The smallest absolute Gasteiger partial charge is 0.191 e. The third-order valence-electron chi connectivity index (χ3n) is 2.92. The average Bonchev–Trinajstić information content (AvgIpc) is 3.18. The summed E-state index contributed by atoms with van der Waals surface area (Å²) < 4.78 is 13.0. The van der Waals surface area contributed by atoms with Gasteiger partial charge in [0, 0.05) is 20.1 Å². The first-order valence-electron chi connectivity index (χ1n) is 6.07. The molecule has 1 aromatic carbocycles. The Labute approximate surface area is 135 Å². The number of rotatable bonds is 4. The predicted molar refractivity (Wildman–Crippen MR) is 87.8 cm³/mol. The first-order chi connectivity index (χ1) is 8.69. The molecule has 106 valence electrons. The lowest BCUT2D eigenvalue weighted by Crippen LogP contribution is -2.37. The second kappa shape index (κ2) is 7.89. The first kappa shape index (κ1) is 16.5. The van der Waals surface area contributed by atoms with E-state index in [2.05, 4.69) is 15.6 Å². The van der Waals surface area contributed by atoms with E-state index in [1.54, 1.807) is 19.2 Å². The maximum absolute atomic E-state index is 13.0. The number of hydrogen-bond donors (Lipinski definition) is 2. The molecule has 2 rings (SSSR count). The second-order valence-electron chi connectivity index (χ2n) is 4.50. The Morgan fingerprint density at radius 3 is 2.74 bits per heavy atom. The summed E-state index contributed by atoms with van der Waals surface area (Å²) >= 11 is 5.73. The molecule has 1 aromatic rings. The number of guanidine groups is 1. The lowest BCUT2D eigenvalue weighted by molar-refractivity contribution is 0.627. The van der Waals surface area contributed by atoms with Crippen LogP contribution in [0.4, 0.5) is 4.39 Å². The van der Waals surface area contributed by atoms with Crippen LogP contribution in [0.1, 0.15) is 18.4 Å². The zero-order valence-corrected chi connectivity index (χ0v) is 13.8. The third-order valence-corrected chi connectivity index (χ3v) is 3.21. The Hall–Kier alpha value is -0.560. The fraction of sp³-hybridized carbons (Fsp3) is 0.462. The van der Waals surface area contributed by atoms with Crippen molar-refractivity contribution in [2.24, 2.45) is 10.9 Å². The Morgan fingerprint density at radius 2 is 2.16 bits per heavy atom. The van der Waals surface area contributed by atoms with E-state index in [4.69, 9.17) is 11.6 Å². The number of halogens is 3. The van der Waals surface area contributed by atoms with Crippen LogP contribution < -0.4 is 10.6 Å². The van der Waals surface area contributed by atoms with Gasteiger partial charge in [-0.05, 0) is 36.5 Å². The van der Waals surface area contributed by atoms with Crippen molar-refractivity contribution in [3.8, 4) is 0 Å². The molecule has 2 N–H and O–H groups in total. The van der Waals surface area contributed by atoms with Gasteiger partial charge in [-0.2, -0.15) is 0 Å². The van der Waals surface area contributed by atoms with Gasteiger partial charge in [0.1, 0.15) is 5.82 Å². The Morgan fingerprint density at radius 1 is 1.42 bits per heavy atom. The zero-order valence-electron chi connectivity index (χ0n) is 10.7. The fourth-order valence-electron chi connectivity index (χ4n) is 1.62. The van der Waals surface area contributed by atoms with Gasteiger partial charge in [-0.1, -0.05) is 17.7 Å². The van der Waals surface area contributed by atoms with Crippen LogP contribution in [0.25, 0.3) is 0 Å². The van der Waals surface area contributed by atoms with Gasteiger partial charge < -0.3 is 10.6 Å². The molecule has 0 heterocycles. The van der Waals surface area contributed by atoms with Crippen LogP contribution >= 0.6 is 35.6 Å². The van der Waals surface area contributed by atoms with Crippen LogP contribution in [0.2, 0.25) is 5.02 Å². The van der Waals surface area contributed by atoms with Crippen molar-refractivity contribution in [3.05, 3.63) is 34.6 Å². The molecule has 0 aliphatic heterocycles. The summed E-state index contributed by atoms with van der Waals surface area (Å²) in [4.78, 5) is 4.13. The Kier molecular flexibility index (Phi) is 6.85. The summed E-state index contributed by atoms with van der Waals surface area (Å²) in [5.74, 6) is 1.17. The van der Waals surface area contributed by atoms with Gasteiger partial charge in [0.25, 0.3) is 0 Å². The van der Waals surface area contributed by atoms with Crippen LogP contribution in [-0.4, -0.2) is 19.6 Å². The number of nitrogens with one attached hydrogen (secondary N) is 2. The molecule has 0 radical (unpaired) electrons. The summed E-state index contributed by atoms with van der Waals surface area (Å²) in [5, 5.41) is 6.58. The van der Waals surface area contributed by atoms with Crippen LogP contribution in [0.15, 0.2) is 23.2 Å². The van der Waals surface area contributed by atoms with Gasteiger partial charge in [-0.15, -0.1) is 24.0 Å². The highest BCUT2D eigenvalue weighted by Gasteiger charge is 2.20. The fourth-order valence-corrected chi connectivity index (χ4v) is 1.82. The normalized spacial score (nSPS) is 14.8. The van der Waals surface area contributed by atoms with Gasteiger partial charge in [-0.3, -0.25) is 4.99 Å². The Bertz CT molecular complexity index is 450. The van der Waals surface area contributed by atoms with Gasteiger partial charge in [-0.25, -0.2) is 4.39 Å². The second-order valence-corrected chi connectivity index (χ2v) is 4.91. The molecule has 1 fully saturated rings. The number of hydrogen-bond acceptors (Lipinski definition) is 1. The van der Waals surface area contributed by atoms with E-state index >= 15 is 0 Å². The molecule has 0 amide bonds. The summed E-state index contributed by atoms with van der Waals surface area (Å²) in [6, 6.07) is 4.71. The molecular formula is C13H18ClFIN3. The summed E-state index contributed by atoms with van der Waals surface area (Å²) in [5.41, 5.74) is 0.927. The van der Waals surface area contributed by atoms with Crippen molar-refractivity contribution in [3.63, 3.8) is 0 Å². The van der Waals surface area contributed by atoms with E-state index in [0.717, 1.165) is 24.0 Å². The minimum atomic E-state index is -0.392. The monoisotopic (exact) mass is 397 g/mol. The highest BCUT2D eigenvalue weighted by atomic mass is 127. The third kappa shape index (κ3) is 5.52. The first-order valence-corrected chi connectivity index (χ1v) is 6.45. The molecule has 3 nitrogen and oxygen atoms in total. The van der Waals surface area contributed by atoms with E-state index in [9.17, 15) is 4.39 Å². The number of benzene rings is 1. The van der Waals surface area contributed by atoms with E-state index in [-0.39, 0.29) is 29.0 Å². The minimum absolute atomic E-state index is 0. The lowest BCUT2D eigenvalue weighted by Gasteiger charge is -2.11. The van der Waals surface area contributed by atoms with Gasteiger partial charge in [0.15, 0.2) is 5.96 Å². The highest BCUT2D eigenvalue weighted by molar-refractivity contribution is 14.0. The molecule has 1 saturated carbocycles. The molecule has 0 saturated heterocycles. The average molecular weight is 398 g/mol. The SMILES string of the molecule is CN=C(NCc1ccc(F)c(Cl)c1)NCC1CC1.I.